The second kappa shape index (κ2) is 3.18. The third kappa shape index (κ3) is 1.66. The van der Waals surface area contributed by atoms with Gasteiger partial charge in [-0.2, -0.15) is 0 Å². The van der Waals surface area contributed by atoms with E-state index in [4.69, 9.17) is 4.74 Å². The summed E-state index contributed by atoms with van der Waals surface area (Å²) in [5, 5.41) is 3.37. The van der Waals surface area contributed by atoms with Crippen molar-refractivity contribution in [1.82, 2.24) is 5.32 Å². The van der Waals surface area contributed by atoms with Gasteiger partial charge in [0.2, 0.25) is 0 Å². The zero-order chi connectivity index (χ0) is 6.69. The number of nitrogens with one attached hydrogen (secondary N) is 1. The van der Waals surface area contributed by atoms with Gasteiger partial charge in [-0.15, -0.1) is 0 Å². The Labute approximate surface area is 56.6 Å². The van der Waals surface area contributed by atoms with Crippen LogP contribution < -0.4 is 5.32 Å². The molecule has 1 saturated heterocycles. The molecule has 1 aliphatic rings. The molecule has 1 rings (SSSR count). The predicted molar refractivity (Wildman–Crippen MR) is 37.2 cm³/mol. The highest BCUT2D eigenvalue weighted by molar-refractivity contribution is 4.76. The normalized spacial score (nSPS) is 35.3. The van der Waals surface area contributed by atoms with Crippen molar-refractivity contribution in [3.8, 4) is 0 Å². The molecule has 1 N–H and O–H groups in total. The largest absolute Gasteiger partial charge is 0.367 e. The zero-order valence-electron chi connectivity index (χ0n) is 6.18. The Hall–Kier alpha value is -0.0800. The van der Waals surface area contributed by atoms with E-state index in [9.17, 15) is 0 Å². The summed E-state index contributed by atoms with van der Waals surface area (Å²) in [6, 6.07) is 0.704. The van der Waals surface area contributed by atoms with Gasteiger partial charge >= 0.3 is 0 Å². The second-order valence-electron chi connectivity index (χ2n) is 2.57. The molecule has 9 heavy (non-hydrogen) atoms. The molecule has 54 valence electrons. The van der Waals surface area contributed by atoms with Crippen molar-refractivity contribution < 1.29 is 4.74 Å². The summed E-state index contributed by atoms with van der Waals surface area (Å²) in [4.78, 5) is 0. The summed E-state index contributed by atoms with van der Waals surface area (Å²) in [5.74, 6) is 0. The Balaban J connectivity index is 2.20. The first-order valence-corrected chi connectivity index (χ1v) is 3.65. The van der Waals surface area contributed by atoms with Crippen molar-refractivity contribution in [2.75, 3.05) is 7.11 Å². The first-order valence-electron chi connectivity index (χ1n) is 3.65. The molecular weight excluding hydrogens is 114 g/mol. The van der Waals surface area contributed by atoms with E-state index in [0.29, 0.717) is 12.3 Å². The Morgan fingerprint density at radius 3 is 2.67 bits per heavy atom. The molecular formula is C7H15NO. The third-order valence-corrected chi connectivity index (χ3v) is 1.98. The quantitative estimate of drug-likeness (QED) is 0.603. The minimum atomic E-state index is 0.329. The summed E-state index contributed by atoms with van der Waals surface area (Å²) >= 11 is 0. The Bertz CT molecular complexity index is 75.0. The average Bonchev–Trinajstić information content (AvgIpc) is 2.34. The molecule has 0 bridgehead atoms. The van der Waals surface area contributed by atoms with Gasteiger partial charge in [0.15, 0.2) is 0 Å². The number of hydrogen-bond donors (Lipinski definition) is 1. The van der Waals surface area contributed by atoms with Crippen LogP contribution in [0.1, 0.15) is 26.2 Å². The van der Waals surface area contributed by atoms with Crippen LogP contribution in [-0.4, -0.2) is 19.4 Å². The molecule has 2 unspecified atom stereocenters. The van der Waals surface area contributed by atoms with E-state index in [0.717, 1.165) is 0 Å². The standard InChI is InChI=1S/C7H15NO/c1-3-6-4-5-7(8-6)9-2/h6-8H,3-5H2,1-2H3. The predicted octanol–water partition coefficient (Wildman–Crippen LogP) is 1.12. The summed E-state index contributed by atoms with van der Waals surface area (Å²) in [5.41, 5.74) is 0. The highest BCUT2D eigenvalue weighted by atomic mass is 16.5. The molecule has 0 aromatic carbocycles. The van der Waals surface area contributed by atoms with Gasteiger partial charge in [0.25, 0.3) is 0 Å². The fraction of sp³-hybridized carbons (Fsp3) is 1.00. The lowest BCUT2D eigenvalue weighted by Crippen LogP contribution is -2.29. The zero-order valence-corrected chi connectivity index (χ0v) is 6.18. The minimum absolute atomic E-state index is 0.329. The maximum Gasteiger partial charge on any atom is 0.108 e. The third-order valence-electron chi connectivity index (χ3n) is 1.98. The van der Waals surface area contributed by atoms with Crippen LogP contribution >= 0.6 is 0 Å². The van der Waals surface area contributed by atoms with Crippen LogP contribution in [0.2, 0.25) is 0 Å². The van der Waals surface area contributed by atoms with Gasteiger partial charge < -0.3 is 4.74 Å². The molecule has 0 saturated carbocycles. The van der Waals surface area contributed by atoms with Crippen molar-refractivity contribution in [1.29, 1.82) is 0 Å². The van der Waals surface area contributed by atoms with Gasteiger partial charge in [0.05, 0.1) is 0 Å². The number of ether oxygens (including phenoxy) is 1. The smallest absolute Gasteiger partial charge is 0.108 e. The molecule has 1 aliphatic heterocycles. The molecule has 0 spiro atoms. The van der Waals surface area contributed by atoms with Crippen molar-refractivity contribution in [3.63, 3.8) is 0 Å². The lowest BCUT2D eigenvalue weighted by atomic mass is 10.2. The fourth-order valence-electron chi connectivity index (χ4n) is 1.29. The van der Waals surface area contributed by atoms with Gasteiger partial charge in [-0.05, 0) is 19.3 Å². The summed E-state index contributed by atoms with van der Waals surface area (Å²) in [6.45, 7) is 2.20. The molecule has 2 nitrogen and oxygen atoms in total. The van der Waals surface area contributed by atoms with Crippen molar-refractivity contribution in [2.24, 2.45) is 0 Å². The molecule has 0 aromatic rings. The molecule has 0 aliphatic carbocycles. The van der Waals surface area contributed by atoms with E-state index in [2.05, 4.69) is 12.2 Å². The van der Waals surface area contributed by atoms with Crippen molar-refractivity contribution in [3.05, 3.63) is 0 Å². The van der Waals surface area contributed by atoms with E-state index in [1.807, 2.05) is 0 Å². The highest BCUT2D eigenvalue weighted by Gasteiger charge is 2.20. The van der Waals surface area contributed by atoms with Gasteiger partial charge in [-0.25, -0.2) is 0 Å². The van der Waals surface area contributed by atoms with Crippen LogP contribution in [0.25, 0.3) is 0 Å². The summed E-state index contributed by atoms with van der Waals surface area (Å²) < 4.78 is 5.13. The molecule has 2 heteroatoms. The Kier molecular flexibility index (Phi) is 2.49. The van der Waals surface area contributed by atoms with Gasteiger partial charge in [0, 0.05) is 13.2 Å². The van der Waals surface area contributed by atoms with E-state index >= 15 is 0 Å². The SMILES string of the molecule is CCC1CCC(OC)N1. The van der Waals surface area contributed by atoms with Gasteiger partial charge in [0.1, 0.15) is 6.23 Å². The molecule has 1 fully saturated rings. The van der Waals surface area contributed by atoms with Crippen LogP contribution in [0.5, 0.6) is 0 Å². The Morgan fingerprint density at radius 2 is 2.33 bits per heavy atom. The highest BCUT2D eigenvalue weighted by Crippen LogP contribution is 2.14. The van der Waals surface area contributed by atoms with E-state index < -0.39 is 0 Å². The van der Waals surface area contributed by atoms with Crippen molar-refractivity contribution >= 4 is 0 Å². The van der Waals surface area contributed by atoms with Crippen LogP contribution in [-0.2, 0) is 4.74 Å². The average molecular weight is 129 g/mol. The lowest BCUT2D eigenvalue weighted by molar-refractivity contribution is 0.0869. The fourth-order valence-corrected chi connectivity index (χ4v) is 1.29. The molecule has 0 radical (unpaired) electrons. The first-order chi connectivity index (χ1) is 4.36. The van der Waals surface area contributed by atoms with Gasteiger partial charge in [-0.1, -0.05) is 6.92 Å². The number of rotatable bonds is 2. The number of hydrogen-bond acceptors (Lipinski definition) is 2. The van der Waals surface area contributed by atoms with Gasteiger partial charge in [-0.3, -0.25) is 5.32 Å². The number of methoxy groups -OCH3 is 1. The maximum atomic E-state index is 5.13. The summed E-state index contributed by atoms with van der Waals surface area (Å²) in [7, 11) is 1.76. The first kappa shape index (κ1) is 7.03. The van der Waals surface area contributed by atoms with E-state index in [-0.39, 0.29) is 0 Å². The monoisotopic (exact) mass is 129 g/mol. The van der Waals surface area contributed by atoms with E-state index in [1.165, 1.54) is 19.3 Å². The second-order valence-corrected chi connectivity index (χ2v) is 2.57. The topological polar surface area (TPSA) is 21.3 Å². The van der Waals surface area contributed by atoms with Crippen molar-refractivity contribution in [2.45, 2.75) is 38.5 Å². The summed E-state index contributed by atoms with van der Waals surface area (Å²) in [6.07, 6.45) is 4.00. The minimum Gasteiger partial charge on any atom is -0.367 e. The molecule has 1 heterocycles. The molecule has 0 aromatic heterocycles. The van der Waals surface area contributed by atoms with E-state index in [1.54, 1.807) is 7.11 Å². The van der Waals surface area contributed by atoms with Crippen LogP contribution in [0.4, 0.5) is 0 Å². The van der Waals surface area contributed by atoms with Crippen LogP contribution in [0.3, 0.4) is 0 Å². The maximum absolute atomic E-state index is 5.13. The van der Waals surface area contributed by atoms with Crippen LogP contribution in [0, 0.1) is 0 Å². The lowest BCUT2D eigenvalue weighted by Gasteiger charge is -2.09. The Morgan fingerprint density at radius 1 is 1.56 bits per heavy atom. The molecule has 0 amide bonds. The van der Waals surface area contributed by atoms with Crippen LogP contribution in [0.15, 0.2) is 0 Å². The molecule has 2 atom stereocenters.